The number of alkyl halides is 3. The molecule has 4 nitrogen and oxygen atoms in total. The third kappa shape index (κ3) is 5.29. The lowest BCUT2D eigenvalue weighted by Crippen LogP contribution is -2.35. The van der Waals surface area contributed by atoms with Gasteiger partial charge in [-0.3, -0.25) is 4.55 Å². The molecular weight excluding hydrogens is 355 g/mol. The van der Waals surface area contributed by atoms with Crippen LogP contribution in [0.25, 0.3) is 0 Å². The Morgan fingerprint density at radius 2 is 1.44 bits per heavy atom. The van der Waals surface area contributed by atoms with Crippen molar-refractivity contribution in [2.24, 2.45) is 5.73 Å². The lowest BCUT2D eigenvalue weighted by molar-refractivity contribution is -0.0510. The highest BCUT2D eigenvalue weighted by atomic mass is 32.2. The molecule has 0 fully saturated rings. The average molecular weight is 375 g/mol. The molecule has 2 aromatic rings. The van der Waals surface area contributed by atoms with Gasteiger partial charge in [-0.25, -0.2) is 0 Å². The molecule has 0 aromatic heterocycles. The summed E-state index contributed by atoms with van der Waals surface area (Å²) in [4.78, 5) is 0. The van der Waals surface area contributed by atoms with Gasteiger partial charge in [0.1, 0.15) is 0 Å². The molecule has 0 aliphatic carbocycles. The van der Waals surface area contributed by atoms with Crippen LogP contribution in [-0.4, -0.2) is 18.5 Å². The molecule has 0 bridgehead atoms. The van der Waals surface area contributed by atoms with Crippen molar-refractivity contribution in [3.63, 3.8) is 0 Å². The minimum Gasteiger partial charge on any atom is -0.318 e. The van der Waals surface area contributed by atoms with Crippen LogP contribution < -0.4 is 5.73 Å². The molecule has 0 aliphatic heterocycles. The maximum Gasteiger partial charge on any atom is 0.522 e. The fraction of sp³-hybridized carbons (Fsp3) is 0.294. The van der Waals surface area contributed by atoms with Gasteiger partial charge in [-0.15, -0.1) is 0 Å². The van der Waals surface area contributed by atoms with Crippen molar-refractivity contribution in [1.82, 2.24) is 0 Å². The Morgan fingerprint density at radius 1 is 0.960 bits per heavy atom. The van der Waals surface area contributed by atoms with E-state index in [4.69, 9.17) is 18.7 Å². The molecule has 0 saturated heterocycles. The van der Waals surface area contributed by atoms with Gasteiger partial charge in [0.25, 0.3) is 0 Å². The second-order valence-corrected chi connectivity index (χ2v) is 7.15. The number of halogens is 3. The van der Waals surface area contributed by atoms with E-state index in [2.05, 4.69) is 51.1 Å². The monoisotopic (exact) mass is 375 g/mol. The zero-order valence-electron chi connectivity index (χ0n) is 14.0. The fourth-order valence-corrected chi connectivity index (χ4v) is 2.25. The molecule has 0 radical (unpaired) electrons. The van der Waals surface area contributed by atoms with Crippen LogP contribution >= 0.6 is 0 Å². The molecule has 138 valence electrons. The molecular formula is C17H20F3NO3S. The van der Waals surface area contributed by atoms with Gasteiger partial charge in [-0.05, 0) is 43.0 Å². The zero-order chi connectivity index (χ0) is 19.5. The number of nitrogens with two attached hydrogens (primary N) is 1. The van der Waals surface area contributed by atoms with Crippen molar-refractivity contribution < 1.29 is 26.1 Å². The van der Waals surface area contributed by atoms with Crippen molar-refractivity contribution in [3.8, 4) is 0 Å². The first-order valence-electron chi connectivity index (χ1n) is 7.23. The third-order valence-corrected chi connectivity index (χ3v) is 4.42. The van der Waals surface area contributed by atoms with E-state index in [1.165, 1.54) is 16.7 Å². The van der Waals surface area contributed by atoms with Gasteiger partial charge < -0.3 is 5.73 Å². The van der Waals surface area contributed by atoms with Gasteiger partial charge in [0, 0.05) is 0 Å². The number of aryl methyl sites for hydroxylation is 1. The predicted molar refractivity (Wildman–Crippen MR) is 90.6 cm³/mol. The van der Waals surface area contributed by atoms with E-state index in [0.717, 1.165) is 5.56 Å². The van der Waals surface area contributed by atoms with Crippen LogP contribution in [0.1, 0.15) is 29.2 Å². The summed E-state index contributed by atoms with van der Waals surface area (Å²) in [5, 5.41) is 0. The first-order chi connectivity index (χ1) is 11.3. The summed E-state index contributed by atoms with van der Waals surface area (Å²) in [7, 11) is -5.84. The quantitative estimate of drug-likeness (QED) is 0.616. The average Bonchev–Trinajstić information content (AvgIpc) is 2.49. The number of hydrogen-bond acceptors (Lipinski definition) is 3. The van der Waals surface area contributed by atoms with Crippen molar-refractivity contribution in [1.29, 1.82) is 0 Å². The highest BCUT2D eigenvalue weighted by Gasteiger charge is 2.44. The molecule has 3 N–H and O–H groups in total. The summed E-state index contributed by atoms with van der Waals surface area (Å²) >= 11 is 0. The molecule has 2 aromatic carbocycles. The Kier molecular flexibility index (Phi) is 6.39. The third-order valence-electron chi connectivity index (χ3n) is 3.83. The van der Waals surface area contributed by atoms with Crippen molar-refractivity contribution >= 4 is 10.1 Å². The summed E-state index contributed by atoms with van der Waals surface area (Å²) in [5.41, 5.74) is 5.47. The smallest absolute Gasteiger partial charge is 0.318 e. The summed E-state index contributed by atoms with van der Waals surface area (Å²) in [6, 6.07) is 16.6. The van der Waals surface area contributed by atoms with E-state index in [1.54, 1.807) is 0 Å². The van der Waals surface area contributed by atoms with Gasteiger partial charge in [0.15, 0.2) is 0 Å². The van der Waals surface area contributed by atoms with Gasteiger partial charge in [-0.2, -0.15) is 21.6 Å². The Labute approximate surface area is 145 Å². The summed E-state index contributed by atoms with van der Waals surface area (Å²) < 4.78 is 57.5. The Balaban J connectivity index is 0.000000333. The maximum absolute atomic E-state index is 10.7. The molecule has 0 aliphatic rings. The Morgan fingerprint density at radius 3 is 1.88 bits per heavy atom. The topological polar surface area (TPSA) is 80.4 Å². The first kappa shape index (κ1) is 21.1. The van der Waals surface area contributed by atoms with Crippen molar-refractivity contribution in [2.45, 2.75) is 31.8 Å². The van der Waals surface area contributed by atoms with Crippen LogP contribution in [0.3, 0.4) is 0 Å². The molecule has 0 saturated carbocycles. The second-order valence-electron chi connectivity index (χ2n) is 5.74. The number of hydrogen-bond donors (Lipinski definition) is 2. The SMILES string of the molecule is Cc1cccc(C(C)(N)c2ccccc2)c1C.O=S(=O)(O)C(F)(F)F. The van der Waals surface area contributed by atoms with Crippen LogP contribution in [0.15, 0.2) is 48.5 Å². The van der Waals surface area contributed by atoms with E-state index >= 15 is 0 Å². The molecule has 0 heterocycles. The molecule has 0 spiro atoms. The molecule has 0 amide bonds. The van der Waals surface area contributed by atoms with Crippen molar-refractivity contribution in [3.05, 3.63) is 70.8 Å². The Bertz CT molecular complexity index is 817. The molecule has 1 unspecified atom stereocenters. The standard InChI is InChI=1S/C16H19N.CHF3O3S/c1-12-8-7-11-15(13(12)2)16(3,17)14-9-5-4-6-10-14;2-1(3,4)8(5,6)7/h4-11H,17H2,1-3H3;(H,5,6,7). The summed E-state index contributed by atoms with van der Waals surface area (Å²) in [5.74, 6) is 0. The maximum atomic E-state index is 10.7. The van der Waals surface area contributed by atoms with E-state index < -0.39 is 21.2 Å². The van der Waals surface area contributed by atoms with Crippen LogP contribution in [0, 0.1) is 13.8 Å². The zero-order valence-corrected chi connectivity index (χ0v) is 14.8. The van der Waals surface area contributed by atoms with Crippen LogP contribution in [0.4, 0.5) is 13.2 Å². The van der Waals surface area contributed by atoms with E-state index in [-0.39, 0.29) is 0 Å². The lowest BCUT2D eigenvalue weighted by atomic mass is 9.82. The van der Waals surface area contributed by atoms with Gasteiger partial charge in [0.2, 0.25) is 0 Å². The molecule has 8 heteroatoms. The van der Waals surface area contributed by atoms with Crippen LogP contribution in [0.5, 0.6) is 0 Å². The van der Waals surface area contributed by atoms with Gasteiger partial charge in [-0.1, -0.05) is 48.5 Å². The Hall–Kier alpha value is -1.90. The van der Waals surface area contributed by atoms with Crippen molar-refractivity contribution in [2.75, 3.05) is 0 Å². The highest BCUT2D eigenvalue weighted by molar-refractivity contribution is 7.86. The summed E-state index contributed by atoms with van der Waals surface area (Å²) in [6.07, 6.45) is 0. The molecule has 2 rings (SSSR count). The summed E-state index contributed by atoms with van der Waals surface area (Å²) in [6.45, 7) is 6.34. The molecule has 1 atom stereocenters. The van der Waals surface area contributed by atoms with E-state index in [9.17, 15) is 13.2 Å². The first-order valence-corrected chi connectivity index (χ1v) is 8.67. The second kappa shape index (κ2) is 7.55. The van der Waals surface area contributed by atoms with E-state index in [1.807, 2.05) is 18.2 Å². The minimum absolute atomic E-state index is 0.433. The lowest BCUT2D eigenvalue weighted by Gasteiger charge is -2.28. The minimum atomic E-state index is -5.84. The highest BCUT2D eigenvalue weighted by Crippen LogP contribution is 2.29. The van der Waals surface area contributed by atoms with Crippen LogP contribution in [-0.2, 0) is 15.7 Å². The largest absolute Gasteiger partial charge is 0.522 e. The molecule has 25 heavy (non-hydrogen) atoms. The number of rotatable bonds is 2. The fourth-order valence-electron chi connectivity index (χ4n) is 2.25. The van der Waals surface area contributed by atoms with Gasteiger partial charge in [0.05, 0.1) is 5.54 Å². The normalized spacial score (nSPS) is 14.2. The number of benzene rings is 2. The van der Waals surface area contributed by atoms with Gasteiger partial charge >= 0.3 is 15.6 Å². The predicted octanol–water partition coefficient (Wildman–Crippen LogP) is 3.92. The van der Waals surface area contributed by atoms with E-state index in [0.29, 0.717) is 0 Å². The van der Waals surface area contributed by atoms with Crippen LogP contribution in [0.2, 0.25) is 0 Å².